The van der Waals surface area contributed by atoms with Gasteiger partial charge in [0, 0.05) is 24.0 Å². The van der Waals surface area contributed by atoms with Gasteiger partial charge in [-0.15, -0.1) is 0 Å². The zero-order chi connectivity index (χ0) is 34.4. The minimum atomic E-state index is -4.34. The lowest BCUT2D eigenvalue weighted by molar-refractivity contribution is -0.140. The molecule has 5 rings (SSSR count). The molecule has 4 aromatic carbocycles. The summed E-state index contributed by atoms with van der Waals surface area (Å²) >= 11 is 25.5. The van der Waals surface area contributed by atoms with Crippen molar-refractivity contribution in [3.63, 3.8) is 0 Å². The number of hydrogen-bond acceptors (Lipinski definition) is 4. The van der Waals surface area contributed by atoms with Gasteiger partial charge in [-0.1, -0.05) is 113 Å². The first-order valence-electron chi connectivity index (χ1n) is 15.5. The SMILES string of the molecule is Cc1ccc(S(=O)(=O)N(CC(=O)N(Cc2ccc(Cl)c(Cl)c2)[C@H](Cc2ccccc2)C(=O)NC2CCCC2)c2cc(Cl)ccc2Cl)cc1. The Hall–Kier alpha value is -3.27. The second-order valence-electron chi connectivity index (χ2n) is 11.9. The Bertz CT molecular complexity index is 1870. The molecule has 0 heterocycles. The fourth-order valence-corrected chi connectivity index (χ4v) is 7.97. The van der Waals surface area contributed by atoms with Gasteiger partial charge in [-0.3, -0.25) is 13.9 Å². The molecular weight excluding hydrogens is 712 g/mol. The van der Waals surface area contributed by atoms with Crippen LogP contribution in [0.4, 0.5) is 5.69 Å². The predicted octanol–water partition coefficient (Wildman–Crippen LogP) is 8.50. The average molecular weight is 748 g/mol. The first kappa shape index (κ1) is 36.0. The van der Waals surface area contributed by atoms with Crippen LogP contribution in [-0.4, -0.2) is 43.8 Å². The van der Waals surface area contributed by atoms with Gasteiger partial charge in [0.2, 0.25) is 11.8 Å². The van der Waals surface area contributed by atoms with Crippen LogP contribution in [0.25, 0.3) is 0 Å². The number of rotatable bonds is 12. The van der Waals surface area contributed by atoms with Crippen LogP contribution in [0.5, 0.6) is 0 Å². The van der Waals surface area contributed by atoms with E-state index < -0.39 is 28.5 Å². The van der Waals surface area contributed by atoms with E-state index in [1.165, 1.54) is 35.2 Å². The van der Waals surface area contributed by atoms with E-state index in [-0.39, 0.29) is 50.6 Å². The van der Waals surface area contributed by atoms with Crippen LogP contribution in [0.2, 0.25) is 20.1 Å². The molecule has 1 fully saturated rings. The zero-order valence-electron chi connectivity index (χ0n) is 26.2. The summed E-state index contributed by atoms with van der Waals surface area (Å²) in [5.41, 5.74) is 2.33. The van der Waals surface area contributed by atoms with Crippen LogP contribution in [0, 0.1) is 6.92 Å². The molecule has 0 bridgehead atoms. The Morgan fingerprint density at radius 1 is 0.812 bits per heavy atom. The lowest BCUT2D eigenvalue weighted by atomic mass is 10.0. The number of aryl methyl sites for hydroxylation is 1. The first-order chi connectivity index (χ1) is 22.9. The minimum absolute atomic E-state index is 0.0126. The van der Waals surface area contributed by atoms with Crippen LogP contribution in [0.15, 0.2) is 95.9 Å². The van der Waals surface area contributed by atoms with Crippen LogP contribution in [0.3, 0.4) is 0 Å². The molecule has 0 aliphatic heterocycles. The third kappa shape index (κ3) is 8.84. The summed E-state index contributed by atoms with van der Waals surface area (Å²) in [6, 6.07) is 24.0. The highest BCUT2D eigenvalue weighted by Gasteiger charge is 2.36. The number of carbonyl (C=O) groups excluding carboxylic acids is 2. The summed E-state index contributed by atoms with van der Waals surface area (Å²) in [5.74, 6) is -0.955. The van der Waals surface area contributed by atoms with Crippen LogP contribution in [-0.2, 0) is 32.6 Å². The van der Waals surface area contributed by atoms with Gasteiger partial charge in [0.15, 0.2) is 0 Å². The maximum atomic E-state index is 14.7. The van der Waals surface area contributed by atoms with E-state index in [9.17, 15) is 18.0 Å². The van der Waals surface area contributed by atoms with E-state index in [1.54, 1.807) is 30.3 Å². The van der Waals surface area contributed by atoms with Crippen LogP contribution in [0.1, 0.15) is 42.4 Å². The summed E-state index contributed by atoms with van der Waals surface area (Å²) < 4.78 is 29.5. The Balaban J connectivity index is 1.60. The van der Waals surface area contributed by atoms with Gasteiger partial charge < -0.3 is 10.2 Å². The smallest absolute Gasteiger partial charge is 0.264 e. The first-order valence-corrected chi connectivity index (χ1v) is 18.5. The van der Waals surface area contributed by atoms with Crippen molar-refractivity contribution in [2.24, 2.45) is 0 Å². The zero-order valence-corrected chi connectivity index (χ0v) is 30.1. The van der Waals surface area contributed by atoms with Crippen LogP contribution >= 0.6 is 46.4 Å². The summed E-state index contributed by atoms with van der Waals surface area (Å²) in [7, 11) is -4.34. The van der Waals surface area contributed by atoms with Crippen molar-refractivity contribution in [3.05, 3.63) is 128 Å². The van der Waals surface area contributed by atoms with E-state index in [1.807, 2.05) is 37.3 Å². The Labute approximate surface area is 301 Å². The molecule has 4 aromatic rings. The summed E-state index contributed by atoms with van der Waals surface area (Å²) in [6.45, 7) is 1.13. The number of amides is 2. The molecule has 0 unspecified atom stereocenters. The normalized spacial score (nSPS) is 14.0. The van der Waals surface area contributed by atoms with Crippen molar-refractivity contribution in [1.29, 1.82) is 0 Å². The number of benzene rings is 4. The van der Waals surface area contributed by atoms with E-state index in [0.717, 1.165) is 41.1 Å². The summed E-state index contributed by atoms with van der Waals surface area (Å²) in [5, 5.41) is 4.09. The van der Waals surface area contributed by atoms with E-state index in [4.69, 9.17) is 46.4 Å². The molecular formula is C36H35Cl4N3O4S. The van der Waals surface area contributed by atoms with Crippen molar-refractivity contribution in [1.82, 2.24) is 10.2 Å². The second kappa shape index (κ2) is 16.0. The standard InChI is InChI=1S/C36H35Cl4N3O4S/c1-24-11-15-29(16-12-24)48(46,47)43(33-21-27(37)14-18-31(33)39)23-35(44)42(22-26-13-17-30(38)32(40)19-26)34(20-25-7-3-2-4-8-25)36(45)41-28-9-5-6-10-28/h2-4,7-8,11-19,21,28,34H,5-6,9-10,20,22-23H2,1H3,(H,41,45)/t34-/m1/s1. The molecule has 0 saturated heterocycles. The van der Waals surface area contributed by atoms with Gasteiger partial charge in [-0.25, -0.2) is 8.42 Å². The van der Waals surface area contributed by atoms with Gasteiger partial charge in [-0.2, -0.15) is 0 Å². The molecule has 1 saturated carbocycles. The Morgan fingerprint density at radius 3 is 2.15 bits per heavy atom. The molecule has 1 aliphatic carbocycles. The maximum Gasteiger partial charge on any atom is 0.264 e. The quantitative estimate of drug-likeness (QED) is 0.158. The number of halogens is 4. The number of sulfonamides is 1. The fraction of sp³-hybridized carbons (Fsp3) is 0.278. The van der Waals surface area contributed by atoms with E-state index in [2.05, 4.69) is 5.32 Å². The van der Waals surface area contributed by atoms with Gasteiger partial charge in [0.1, 0.15) is 12.6 Å². The van der Waals surface area contributed by atoms with Gasteiger partial charge in [0.05, 0.1) is 25.7 Å². The number of nitrogens with zero attached hydrogens (tertiary/aromatic N) is 2. The van der Waals surface area contributed by atoms with Crippen molar-refractivity contribution < 1.29 is 18.0 Å². The molecule has 252 valence electrons. The number of anilines is 1. The molecule has 0 aromatic heterocycles. The lowest BCUT2D eigenvalue weighted by Gasteiger charge is -2.34. The molecule has 12 heteroatoms. The monoisotopic (exact) mass is 745 g/mol. The number of nitrogens with one attached hydrogen (secondary N) is 1. The maximum absolute atomic E-state index is 14.7. The molecule has 48 heavy (non-hydrogen) atoms. The van der Waals surface area contributed by atoms with Gasteiger partial charge in [0.25, 0.3) is 10.0 Å². The second-order valence-corrected chi connectivity index (χ2v) is 15.4. The molecule has 7 nitrogen and oxygen atoms in total. The average Bonchev–Trinajstić information content (AvgIpc) is 3.58. The lowest BCUT2D eigenvalue weighted by Crippen LogP contribution is -2.54. The summed E-state index contributed by atoms with van der Waals surface area (Å²) in [6.07, 6.45) is 3.90. The van der Waals surface area contributed by atoms with Gasteiger partial charge in [-0.05, 0) is 73.4 Å². The number of carbonyl (C=O) groups is 2. The van der Waals surface area contributed by atoms with E-state index in [0.29, 0.717) is 10.6 Å². The highest BCUT2D eigenvalue weighted by atomic mass is 35.5. The number of hydrogen-bond donors (Lipinski definition) is 1. The molecule has 1 aliphatic rings. The molecule has 1 N–H and O–H groups in total. The third-order valence-electron chi connectivity index (χ3n) is 8.37. The summed E-state index contributed by atoms with van der Waals surface area (Å²) in [4.78, 5) is 30.2. The van der Waals surface area contributed by atoms with E-state index >= 15 is 0 Å². The van der Waals surface area contributed by atoms with Crippen molar-refractivity contribution in [3.8, 4) is 0 Å². The van der Waals surface area contributed by atoms with Crippen molar-refractivity contribution >= 4 is 73.9 Å². The molecule has 0 radical (unpaired) electrons. The highest BCUT2D eigenvalue weighted by Crippen LogP contribution is 2.34. The molecule has 2 amide bonds. The van der Waals surface area contributed by atoms with Gasteiger partial charge >= 0.3 is 0 Å². The molecule has 1 atom stereocenters. The van der Waals surface area contributed by atoms with Crippen molar-refractivity contribution in [2.75, 3.05) is 10.8 Å². The third-order valence-corrected chi connectivity index (χ3v) is 11.4. The topological polar surface area (TPSA) is 86.8 Å². The van der Waals surface area contributed by atoms with Crippen molar-refractivity contribution in [2.45, 2.75) is 62.6 Å². The Morgan fingerprint density at radius 2 is 1.48 bits per heavy atom. The largest absolute Gasteiger partial charge is 0.352 e. The minimum Gasteiger partial charge on any atom is -0.352 e. The van der Waals surface area contributed by atoms with Crippen LogP contribution < -0.4 is 9.62 Å². The highest BCUT2D eigenvalue weighted by molar-refractivity contribution is 7.92. The fourth-order valence-electron chi connectivity index (χ4n) is 5.78. The molecule has 0 spiro atoms. The predicted molar refractivity (Wildman–Crippen MR) is 194 cm³/mol. The Kier molecular flexibility index (Phi) is 12.0.